The van der Waals surface area contributed by atoms with Gasteiger partial charge in [0.05, 0.1) is 12.2 Å². The second-order valence-electron chi connectivity index (χ2n) is 8.97. The van der Waals surface area contributed by atoms with Crippen molar-refractivity contribution >= 4 is 5.97 Å². The highest BCUT2D eigenvalue weighted by molar-refractivity contribution is 5.91. The van der Waals surface area contributed by atoms with E-state index in [9.17, 15) is 4.79 Å². The maximum atomic E-state index is 12.6. The monoisotopic (exact) mass is 466 g/mol. The SMILES string of the molecule is CCCCCCCCOc1ccc(C(=O)Oc2ccc(-c3ccc(C4C=CC=C4)cc3)cc2)cc1. The number of rotatable bonds is 12. The Labute approximate surface area is 209 Å². The highest BCUT2D eigenvalue weighted by Gasteiger charge is 2.10. The zero-order valence-electron chi connectivity index (χ0n) is 20.5. The summed E-state index contributed by atoms with van der Waals surface area (Å²) in [5.41, 5.74) is 4.00. The molecule has 0 amide bonds. The molecule has 0 N–H and O–H groups in total. The largest absolute Gasteiger partial charge is 0.494 e. The summed E-state index contributed by atoms with van der Waals surface area (Å²) < 4.78 is 11.4. The van der Waals surface area contributed by atoms with E-state index < -0.39 is 0 Å². The van der Waals surface area contributed by atoms with E-state index in [4.69, 9.17) is 9.47 Å². The Morgan fingerprint density at radius 1 is 0.686 bits per heavy atom. The number of carbonyl (C=O) groups excluding carboxylic acids is 1. The van der Waals surface area contributed by atoms with E-state index in [1.54, 1.807) is 12.1 Å². The fourth-order valence-corrected chi connectivity index (χ4v) is 4.19. The summed E-state index contributed by atoms with van der Waals surface area (Å²) in [5, 5.41) is 0. The van der Waals surface area contributed by atoms with Gasteiger partial charge in [0.15, 0.2) is 0 Å². The van der Waals surface area contributed by atoms with Crippen molar-refractivity contribution in [2.75, 3.05) is 6.61 Å². The van der Waals surface area contributed by atoms with Crippen molar-refractivity contribution < 1.29 is 14.3 Å². The molecule has 35 heavy (non-hydrogen) atoms. The van der Waals surface area contributed by atoms with E-state index in [2.05, 4.69) is 55.5 Å². The van der Waals surface area contributed by atoms with Crippen molar-refractivity contribution in [2.24, 2.45) is 0 Å². The molecule has 0 atom stereocenters. The van der Waals surface area contributed by atoms with Gasteiger partial charge in [-0.1, -0.05) is 99.7 Å². The first-order valence-electron chi connectivity index (χ1n) is 12.7. The number of esters is 1. The first kappa shape index (κ1) is 24.5. The molecule has 1 aliphatic rings. The summed E-state index contributed by atoms with van der Waals surface area (Å²) in [7, 11) is 0. The molecule has 4 rings (SSSR count). The van der Waals surface area contributed by atoms with Crippen LogP contribution >= 0.6 is 0 Å². The van der Waals surface area contributed by atoms with Crippen LogP contribution in [0.2, 0.25) is 0 Å². The molecule has 0 fully saturated rings. The molecule has 0 aliphatic heterocycles. The molecule has 0 saturated carbocycles. The molecular weight excluding hydrogens is 432 g/mol. The highest BCUT2D eigenvalue weighted by Crippen LogP contribution is 2.27. The quantitative estimate of drug-likeness (QED) is 0.152. The van der Waals surface area contributed by atoms with E-state index in [0.717, 1.165) is 23.3 Å². The number of ether oxygens (including phenoxy) is 2. The molecule has 3 aromatic carbocycles. The molecule has 0 aromatic heterocycles. The standard InChI is InChI=1S/C32H34O3/c1-2-3-4-5-6-9-24-34-30-20-18-29(19-21-30)32(33)35-31-22-16-28(17-23-31)27-14-12-26(13-15-27)25-10-7-8-11-25/h7-8,10-23,25H,2-6,9,24H2,1H3. The number of allylic oxidation sites excluding steroid dienone is 4. The lowest BCUT2D eigenvalue weighted by Gasteiger charge is -2.09. The van der Waals surface area contributed by atoms with Gasteiger partial charge in [0.2, 0.25) is 0 Å². The first-order chi connectivity index (χ1) is 17.2. The van der Waals surface area contributed by atoms with Gasteiger partial charge in [0, 0.05) is 5.92 Å². The van der Waals surface area contributed by atoms with Gasteiger partial charge < -0.3 is 9.47 Å². The molecule has 0 heterocycles. The number of unbranched alkanes of at least 4 members (excludes halogenated alkanes) is 5. The van der Waals surface area contributed by atoms with Gasteiger partial charge in [-0.3, -0.25) is 0 Å². The Kier molecular flexibility index (Phi) is 8.94. The number of benzene rings is 3. The summed E-state index contributed by atoms with van der Waals surface area (Å²) in [6.45, 7) is 2.94. The molecule has 0 bridgehead atoms. The van der Waals surface area contributed by atoms with Crippen LogP contribution in [-0.2, 0) is 0 Å². The van der Waals surface area contributed by atoms with Crippen molar-refractivity contribution in [1.29, 1.82) is 0 Å². The van der Waals surface area contributed by atoms with Crippen molar-refractivity contribution in [3.05, 3.63) is 108 Å². The Bertz CT molecular complexity index is 1110. The molecule has 1 aliphatic carbocycles. The molecule has 0 spiro atoms. The zero-order chi connectivity index (χ0) is 24.3. The number of hydrogen-bond acceptors (Lipinski definition) is 3. The summed E-state index contributed by atoms with van der Waals surface area (Å²) >= 11 is 0. The fraction of sp³-hybridized carbons (Fsp3) is 0.281. The molecule has 3 aromatic rings. The third kappa shape index (κ3) is 7.19. The van der Waals surface area contributed by atoms with E-state index >= 15 is 0 Å². The molecule has 0 radical (unpaired) electrons. The minimum absolute atomic E-state index is 0.367. The average molecular weight is 467 g/mol. The third-order valence-corrected chi connectivity index (χ3v) is 6.30. The summed E-state index contributed by atoms with van der Waals surface area (Å²) in [6.07, 6.45) is 16.0. The van der Waals surface area contributed by atoms with Gasteiger partial charge in [0.1, 0.15) is 11.5 Å². The van der Waals surface area contributed by atoms with Crippen molar-refractivity contribution in [3.63, 3.8) is 0 Å². The van der Waals surface area contributed by atoms with Crippen molar-refractivity contribution in [2.45, 2.75) is 51.4 Å². The van der Waals surface area contributed by atoms with Gasteiger partial charge in [0.25, 0.3) is 0 Å². The van der Waals surface area contributed by atoms with Crippen LogP contribution in [0.4, 0.5) is 0 Å². The lowest BCUT2D eigenvalue weighted by atomic mass is 9.97. The average Bonchev–Trinajstić information content (AvgIpc) is 3.44. The smallest absolute Gasteiger partial charge is 0.343 e. The summed E-state index contributed by atoms with van der Waals surface area (Å²) in [6, 6.07) is 23.4. The van der Waals surface area contributed by atoms with Gasteiger partial charge in [-0.05, 0) is 59.5 Å². The molecule has 3 heteroatoms. The first-order valence-corrected chi connectivity index (χ1v) is 12.7. The van der Waals surface area contributed by atoms with E-state index in [0.29, 0.717) is 23.8 Å². The Morgan fingerprint density at radius 2 is 1.26 bits per heavy atom. The Balaban J connectivity index is 1.25. The summed E-state index contributed by atoms with van der Waals surface area (Å²) in [4.78, 5) is 12.6. The topological polar surface area (TPSA) is 35.5 Å². The van der Waals surface area contributed by atoms with Crippen LogP contribution in [0.3, 0.4) is 0 Å². The maximum Gasteiger partial charge on any atom is 0.343 e. The normalized spacial score (nSPS) is 12.7. The van der Waals surface area contributed by atoms with Crippen LogP contribution in [0.25, 0.3) is 11.1 Å². The Hall–Kier alpha value is -3.59. The molecule has 0 unspecified atom stereocenters. The number of carbonyl (C=O) groups is 1. The maximum absolute atomic E-state index is 12.6. The van der Waals surface area contributed by atoms with Crippen LogP contribution in [0, 0.1) is 0 Å². The van der Waals surface area contributed by atoms with Gasteiger partial charge in [-0.25, -0.2) is 4.79 Å². The van der Waals surface area contributed by atoms with Crippen molar-refractivity contribution in [1.82, 2.24) is 0 Å². The van der Waals surface area contributed by atoms with Crippen LogP contribution in [0.15, 0.2) is 97.1 Å². The van der Waals surface area contributed by atoms with E-state index in [1.807, 2.05) is 36.4 Å². The molecule has 180 valence electrons. The van der Waals surface area contributed by atoms with Gasteiger partial charge >= 0.3 is 5.97 Å². The lowest BCUT2D eigenvalue weighted by Crippen LogP contribution is -2.08. The van der Waals surface area contributed by atoms with Crippen LogP contribution < -0.4 is 9.47 Å². The number of hydrogen-bond donors (Lipinski definition) is 0. The predicted molar refractivity (Wildman–Crippen MR) is 143 cm³/mol. The summed E-state index contributed by atoms with van der Waals surface area (Å²) in [5.74, 6) is 1.31. The minimum atomic E-state index is -0.373. The Morgan fingerprint density at radius 3 is 1.91 bits per heavy atom. The lowest BCUT2D eigenvalue weighted by molar-refractivity contribution is 0.0734. The van der Waals surface area contributed by atoms with Gasteiger partial charge in [-0.15, -0.1) is 0 Å². The minimum Gasteiger partial charge on any atom is -0.494 e. The van der Waals surface area contributed by atoms with Crippen molar-refractivity contribution in [3.8, 4) is 22.6 Å². The second kappa shape index (κ2) is 12.8. The van der Waals surface area contributed by atoms with Crippen LogP contribution in [0.5, 0.6) is 11.5 Å². The predicted octanol–water partition coefficient (Wildman–Crippen LogP) is 8.52. The molecular formula is C32H34O3. The van der Waals surface area contributed by atoms with E-state index in [-0.39, 0.29) is 5.97 Å². The molecule has 0 saturated heterocycles. The van der Waals surface area contributed by atoms with Crippen LogP contribution in [-0.4, -0.2) is 12.6 Å². The molecule has 3 nitrogen and oxygen atoms in total. The van der Waals surface area contributed by atoms with Crippen LogP contribution in [0.1, 0.15) is 67.3 Å². The second-order valence-corrected chi connectivity index (χ2v) is 8.97. The third-order valence-electron chi connectivity index (χ3n) is 6.30. The fourth-order valence-electron chi connectivity index (χ4n) is 4.19. The van der Waals surface area contributed by atoms with Gasteiger partial charge in [-0.2, -0.15) is 0 Å². The zero-order valence-corrected chi connectivity index (χ0v) is 20.5. The highest BCUT2D eigenvalue weighted by atomic mass is 16.5. The van der Waals surface area contributed by atoms with E-state index in [1.165, 1.54) is 37.7 Å².